The number of benzene rings is 2. The Morgan fingerprint density at radius 3 is 2.34 bits per heavy atom. The van der Waals surface area contributed by atoms with Crippen molar-refractivity contribution in [2.45, 2.75) is 6.04 Å². The predicted molar refractivity (Wildman–Crippen MR) is 118 cm³/mol. The zero-order chi connectivity index (χ0) is 22.7. The molecule has 2 aromatic rings. The molecule has 0 spiro atoms. The largest absolute Gasteiger partial charge is 0.507 e. The van der Waals surface area contributed by atoms with Crippen molar-refractivity contribution < 1.29 is 23.8 Å². The van der Waals surface area contributed by atoms with E-state index < -0.39 is 23.5 Å². The van der Waals surface area contributed by atoms with Gasteiger partial charge in [-0.2, -0.15) is 0 Å². The number of aliphatic hydroxyl groups excluding tert-OH is 1. The number of hydrogen-bond donors (Lipinski definition) is 2. The highest BCUT2D eigenvalue weighted by molar-refractivity contribution is 6.46. The Balaban J connectivity index is 1.71. The molecule has 0 unspecified atom stereocenters. The molecule has 2 aromatic carbocycles. The molecule has 2 heterocycles. The molecule has 0 aromatic heterocycles. The third-order valence-electron chi connectivity index (χ3n) is 5.96. The topological polar surface area (TPSA) is 82.1 Å². The molecule has 2 aliphatic rings. The maximum absolute atomic E-state index is 13.6. The Hall–Kier alpha value is -3.23. The summed E-state index contributed by atoms with van der Waals surface area (Å²) in [6.45, 7) is 4.39. The van der Waals surface area contributed by atoms with Crippen molar-refractivity contribution in [3.8, 4) is 5.75 Å². The second-order valence-electron chi connectivity index (χ2n) is 7.86. The molecule has 0 aliphatic carbocycles. The maximum atomic E-state index is 13.6. The first-order chi connectivity index (χ1) is 15.5. The molecular weight excluding hydrogens is 413 g/mol. The summed E-state index contributed by atoms with van der Waals surface area (Å²) in [5.41, 5.74) is 0.978. The van der Waals surface area contributed by atoms with Crippen LogP contribution in [-0.2, 0) is 9.59 Å². The first-order valence-corrected chi connectivity index (χ1v) is 10.6. The second kappa shape index (κ2) is 9.50. The molecule has 1 amide bonds. The highest BCUT2D eigenvalue weighted by Crippen LogP contribution is 2.39. The number of carbonyl (C=O) groups is 2. The molecule has 2 N–H and O–H groups in total. The van der Waals surface area contributed by atoms with Crippen LogP contribution in [0.3, 0.4) is 0 Å². The number of Topliss-reactive ketones (excluding diaryl/α,β-unsaturated/α-hetero) is 1. The van der Waals surface area contributed by atoms with Gasteiger partial charge in [-0.25, -0.2) is 4.39 Å². The number of methoxy groups -OCH3 is 1. The molecule has 4 rings (SSSR count). The number of nitrogens with one attached hydrogen (secondary N) is 1. The van der Waals surface area contributed by atoms with E-state index in [0.29, 0.717) is 30.0 Å². The summed E-state index contributed by atoms with van der Waals surface area (Å²) in [5, 5.41) is 14.3. The van der Waals surface area contributed by atoms with E-state index in [4.69, 9.17) is 4.74 Å². The second-order valence-corrected chi connectivity index (χ2v) is 7.86. The Morgan fingerprint density at radius 2 is 1.72 bits per heavy atom. The van der Waals surface area contributed by atoms with Crippen LogP contribution in [0.1, 0.15) is 17.2 Å². The van der Waals surface area contributed by atoms with Crippen molar-refractivity contribution in [2.24, 2.45) is 0 Å². The Morgan fingerprint density at radius 1 is 1.06 bits per heavy atom. The fraction of sp³-hybridized carbons (Fsp3) is 0.333. The smallest absolute Gasteiger partial charge is 0.295 e. The van der Waals surface area contributed by atoms with Gasteiger partial charge in [0.15, 0.2) is 0 Å². The van der Waals surface area contributed by atoms with E-state index in [0.717, 1.165) is 26.2 Å². The van der Waals surface area contributed by atoms with Crippen LogP contribution in [0.15, 0.2) is 54.1 Å². The number of hydrogen-bond acceptors (Lipinski definition) is 6. The minimum atomic E-state index is -0.791. The monoisotopic (exact) mass is 439 g/mol. The fourth-order valence-electron chi connectivity index (χ4n) is 4.19. The number of carbonyl (C=O) groups excluding carboxylic acids is 2. The molecule has 168 valence electrons. The lowest BCUT2D eigenvalue weighted by Crippen LogP contribution is -2.46. The molecule has 8 heteroatoms. The molecule has 2 saturated heterocycles. The van der Waals surface area contributed by atoms with Crippen LogP contribution in [0.5, 0.6) is 5.75 Å². The van der Waals surface area contributed by atoms with Crippen molar-refractivity contribution >= 4 is 17.4 Å². The maximum Gasteiger partial charge on any atom is 0.295 e. The van der Waals surface area contributed by atoms with E-state index in [2.05, 4.69) is 10.2 Å². The number of halogens is 1. The molecule has 2 aliphatic heterocycles. The number of amides is 1. The lowest BCUT2D eigenvalue weighted by atomic mass is 9.95. The van der Waals surface area contributed by atoms with Gasteiger partial charge in [-0.1, -0.05) is 12.1 Å². The van der Waals surface area contributed by atoms with Crippen molar-refractivity contribution in [3.63, 3.8) is 0 Å². The van der Waals surface area contributed by atoms with Gasteiger partial charge in [0.2, 0.25) is 0 Å². The van der Waals surface area contributed by atoms with Gasteiger partial charge in [-0.05, 0) is 42.0 Å². The minimum absolute atomic E-state index is 0.00656. The number of rotatable bonds is 6. The molecule has 7 nitrogen and oxygen atoms in total. The van der Waals surface area contributed by atoms with Gasteiger partial charge in [-0.3, -0.25) is 14.5 Å². The SMILES string of the molecule is COc1ccc(/C(O)=C2\C(=O)C(=O)N(CCN3CCNCC3)[C@H]2c2ccc(F)cc2)cc1. The zero-order valence-corrected chi connectivity index (χ0v) is 17.9. The molecule has 0 bridgehead atoms. The highest BCUT2D eigenvalue weighted by atomic mass is 19.1. The average molecular weight is 439 g/mol. The normalized spacial score (nSPS) is 21.2. The number of likely N-dealkylation sites (tertiary alicyclic amines) is 1. The van der Waals surface area contributed by atoms with E-state index >= 15 is 0 Å². The summed E-state index contributed by atoms with van der Waals surface area (Å²) >= 11 is 0. The summed E-state index contributed by atoms with van der Waals surface area (Å²) in [5.74, 6) is -1.47. The number of ketones is 1. The number of aliphatic hydroxyl groups is 1. The zero-order valence-electron chi connectivity index (χ0n) is 17.9. The van der Waals surface area contributed by atoms with Crippen LogP contribution in [0, 0.1) is 5.82 Å². The third kappa shape index (κ3) is 4.37. The van der Waals surface area contributed by atoms with Crippen LogP contribution in [0.4, 0.5) is 4.39 Å². The van der Waals surface area contributed by atoms with Gasteiger partial charge in [0, 0.05) is 44.8 Å². The van der Waals surface area contributed by atoms with Crippen molar-refractivity contribution in [3.05, 3.63) is 71.0 Å². The van der Waals surface area contributed by atoms with Crippen LogP contribution >= 0.6 is 0 Å². The van der Waals surface area contributed by atoms with Gasteiger partial charge < -0.3 is 20.1 Å². The summed E-state index contributed by atoms with van der Waals surface area (Å²) in [4.78, 5) is 29.7. The van der Waals surface area contributed by atoms with Crippen molar-refractivity contribution in [2.75, 3.05) is 46.4 Å². The standard InChI is InChI=1S/C24H26FN3O4/c1-32-19-8-4-17(5-9-19)22(29)20-21(16-2-6-18(25)7-3-16)28(24(31)23(20)30)15-14-27-12-10-26-11-13-27/h2-9,21,26,29H,10-15H2,1H3/b22-20+/t21-/m0/s1. The van der Waals surface area contributed by atoms with E-state index in [1.807, 2.05) is 0 Å². The summed E-state index contributed by atoms with van der Waals surface area (Å²) < 4.78 is 18.7. The predicted octanol–water partition coefficient (Wildman–Crippen LogP) is 2.16. The Kier molecular flexibility index (Phi) is 6.53. The van der Waals surface area contributed by atoms with Gasteiger partial charge in [0.25, 0.3) is 11.7 Å². The molecule has 2 fully saturated rings. The van der Waals surface area contributed by atoms with Crippen LogP contribution in [-0.4, -0.2) is 73.0 Å². The van der Waals surface area contributed by atoms with Crippen molar-refractivity contribution in [1.29, 1.82) is 0 Å². The quantitative estimate of drug-likeness (QED) is 0.408. The van der Waals surface area contributed by atoms with Gasteiger partial charge in [0.1, 0.15) is 17.3 Å². The number of piperazine rings is 1. The van der Waals surface area contributed by atoms with E-state index in [9.17, 15) is 19.1 Å². The van der Waals surface area contributed by atoms with E-state index in [-0.39, 0.29) is 11.3 Å². The molecule has 0 radical (unpaired) electrons. The summed E-state index contributed by atoms with van der Waals surface area (Å²) in [7, 11) is 1.54. The number of nitrogens with zero attached hydrogens (tertiary/aromatic N) is 2. The fourth-order valence-corrected chi connectivity index (χ4v) is 4.19. The van der Waals surface area contributed by atoms with Gasteiger partial charge in [-0.15, -0.1) is 0 Å². The molecule has 0 saturated carbocycles. The lowest BCUT2D eigenvalue weighted by molar-refractivity contribution is -0.140. The first kappa shape index (κ1) is 22.0. The Labute approximate surface area is 186 Å². The van der Waals surface area contributed by atoms with Crippen LogP contribution in [0.25, 0.3) is 5.76 Å². The van der Waals surface area contributed by atoms with Gasteiger partial charge >= 0.3 is 0 Å². The average Bonchev–Trinajstić information content (AvgIpc) is 3.08. The van der Waals surface area contributed by atoms with Crippen LogP contribution < -0.4 is 10.1 Å². The summed E-state index contributed by atoms with van der Waals surface area (Å²) in [6, 6.07) is 11.5. The minimum Gasteiger partial charge on any atom is -0.507 e. The Bertz CT molecular complexity index is 1010. The first-order valence-electron chi connectivity index (χ1n) is 10.6. The molecule has 32 heavy (non-hydrogen) atoms. The molecular formula is C24H26FN3O4. The lowest BCUT2D eigenvalue weighted by Gasteiger charge is -2.31. The van der Waals surface area contributed by atoms with E-state index in [1.54, 1.807) is 36.4 Å². The van der Waals surface area contributed by atoms with Gasteiger partial charge in [0.05, 0.1) is 18.7 Å². The summed E-state index contributed by atoms with van der Waals surface area (Å²) in [6.07, 6.45) is 0. The van der Waals surface area contributed by atoms with E-state index in [1.165, 1.54) is 24.1 Å². The third-order valence-corrected chi connectivity index (χ3v) is 5.96. The molecule has 1 atom stereocenters. The highest BCUT2D eigenvalue weighted by Gasteiger charge is 2.46. The van der Waals surface area contributed by atoms with Crippen molar-refractivity contribution in [1.82, 2.24) is 15.1 Å². The van der Waals surface area contributed by atoms with Crippen LogP contribution in [0.2, 0.25) is 0 Å². The number of ether oxygens (including phenoxy) is 1.